The fraction of sp³-hybridized carbons (Fsp3) is 0.882. The molecule has 6 heteroatoms. The lowest BCUT2D eigenvalue weighted by Gasteiger charge is -2.22. The van der Waals surface area contributed by atoms with E-state index in [1.165, 1.54) is 0 Å². The summed E-state index contributed by atoms with van der Waals surface area (Å²) in [6, 6.07) is 0. The Hall–Kier alpha value is -1.14. The zero-order chi connectivity index (χ0) is 16.0. The third-order valence-electron chi connectivity index (χ3n) is 5.45. The van der Waals surface area contributed by atoms with Crippen molar-refractivity contribution in [1.82, 2.24) is 0 Å². The molecule has 0 radical (unpaired) electrons. The first-order valence-corrected chi connectivity index (χ1v) is 8.78. The average Bonchev–Trinajstić information content (AvgIpc) is 3.44. The fourth-order valence-electron chi connectivity index (χ4n) is 3.88. The zero-order valence-electron chi connectivity index (χ0n) is 13.4. The highest BCUT2D eigenvalue weighted by Gasteiger charge is 2.47. The van der Waals surface area contributed by atoms with E-state index in [1.54, 1.807) is 6.92 Å². The molecule has 2 heterocycles. The van der Waals surface area contributed by atoms with Gasteiger partial charge in [-0.05, 0) is 45.4 Å². The van der Waals surface area contributed by atoms with Gasteiger partial charge in [0.1, 0.15) is 12.7 Å². The van der Waals surface area contributed by atoms with Gasteiger partial charge in [0.25, 0.3) is 0 Å². The summed E-state index contributed by atoms with van der Waals surface area (Å²) in [5.74, 6) is -0.508. The maximum atomic E-state index is 12.1. The number of hydrogen-bond donors (Lipinski definition) is 0. The van der Waals surface area contributed by atoms with Gasteiger partial charge >= 0.3 is 11.9 Å². The van der Waals surface area contributed by atoms with Crippen molar-refractivity contribution in [2.24, 2.45) is 11.8 Å². The lowest BCUT2D eigenvalue weighted by molar-refractivity contribution is -0.164. The maximum absolute atomic E-state index is 12.1. The van der Waals surface area contributed by atoms with Gasteiger partial charge in [-0.25, -0.2) is 0 Å². The van der Waals surface area contributed by atoms with Crippen LogP contribution < -0.4 is 0 Å². The molecule has 128 valence electrons. The van der Waals surface area contributed by atoms with E-state index in [4.69, 9.17) is 18.9 Å². The van der Waals surface area contributed by atoms with Gasteiger partial charge in [-0.15, -0.1) is 0 Å². The minimum Gasteiger partial charge on any atom is -0.462 e. The van der Waals surface area contributed by atoms with E-state index in [0.29, 0.717) is 12.2 Å². The first-order chi connectivity index (χ1) is 11.1. The highest BCUT2D eigenvalue weighted by Crippen LogP contribution is 2.40. The summed E-state index contributed by atoms with van der Waals surface area (Å²) < 4.78 is 21.6. The summed E-state index contributed by atoms with van der Waals surface area (Å²) in [6.07, 6.45) is 5.95. The van der Waals surface area contributed by atoms with Crippen LogP contribution in [0.4, 0.5) is 0 Å². The van der Waals surface area contributed by atoms with Crippen molar-refractivity contribution in [2.45, 2.75) is 76.0 Å². The molecular formula is C17H24O6. The third kappa shape index (κ3) is 3.53. The Morgan fingerprint density at radius 1 is 0.913 bits per heavy atom. The van der Waals surface area contributed by atoms with E-state index in [2.05, 4.69) is 0 Å². The van der Waals surface area contributed by atoms with E-state index in [9.17, 15) is 9.59 Å². The van der Waals surface area contributed by atoms with Crippen LogP contribution in [0.1, 0.15) is 45.4 Å². The van der Waals surface area contributed by atoms with E-state index in [0.717, 1.165) is 38.5 Å². The molecule has 23 heavy (non-hydrogen) atoms. The molecule has 0 spiro atoms. The predicted molar refractivity (Wildman–Crippen MR) is 78.5 cm³/mol. The van der Waals surface area contributed by atoms with Crippen LogP contribution in [0.15, 0.2) is 0 Å². The summed E-state index contributed by atoms with van der Waals surface area (Å²) >= 11 is 0. The molecule has 7 unspecified atom stereocenters. The molecule has 0 amide bonds. The van der Waals surface area contributed by atoms with Crippen molar-refractivity contribution >= 4 is 11.9 Å². The van der Waals surface area contributed by atoms with E-state index < -0.39 is 6.10 Å². The van der Waals surface area contributed by atoms with E-state index >= 15 is 0 Å². The molecule has 0 aromatic rings. The number of ether oxygens (including phenoxy) is 4. The van der Waals surface area contributed by atoms with Gasteiger partial charge in [-0.3, -0.25) is 9.59 Å². The second-order valence-corrected chi connectivity index (χ2v) is 7.32. The predicted octanol–water partition coefficient (Wildman–Crippen LogP) is 1.60. The van der Waals surface area contributed by atoms with Crippen molar-refractivity contribution in [3.05, 3.63) is 0 Å². The first kappa shape index (κ1) is 15.4. The van der Waals surface area contributed by atoms with Gasteiger partial charge in [0.2, 0.25) is 0 Å². The van der Waals surface area contributed by atoms with E-state index in [1.807, 2.05) is 0 Å². The van der Waals surface area contributed by atoms with Crippen LogP contribution in [0.2, 0.25) is 0 Å². The maximum Gasteiger partial charge on any atom is 0.309 e. The number of carbonyl (C=O) groups is 2. The lowest BCUT2D eigenvalue weighted by Crippen LogP contribution is -2.31. The van der Waals surface area contributed by atoms with Crippen molar-refractivity contribution in [3.63, 3.8) is 0 Å². The standard InChI is InChI=1S/C17H24O6/c1-9(21-17(19)11-3-5-13-15(7-11)23-13)8-20-16(18)10-2-4-12-14(6-10)22-12/h9-15H,2-8H2,1H3. The molecule has 2 saturated carbocycles. The molecule has 0 aromatic heterocycles. The Labute approximate surface area is 135 Å². The lowest BCUT2D eigenvalue weighted by atomic mass is 9.89. The molecule has 4 rings (SSSR count). The number of fused-ring (bicyclic) bond motifs is 2. The largest absolute Gasteiger partial charge is 0.462 e. The summed E-state index contributed by atoms with van der Waals surface area (Å²) in [4.78, 5) is 24.2. The number of carbonyl (C=O) groups excluding carboxylic acids is 2. The van der Waals surface area contributed by atoms with Crippen LogP contribution in [0.3, 0.4) is 0 Å². The SMILES string of the molecule is CC(COC(=O)C1CCC2OC2C1)OC(=O)C1CCC2OC2C1. The van der Waals surface area contributed by atoms with Gasteiger partial charge in [-0.2, -0.15) is 0 Å². The summed E-state index contributed by atoms with van der Waals surface area (Å²) in [5.41, 5.74) is 0. The minimum atomic E-state index is -0.405. The normalized spacial score (nSPS) is 42.0. The molecule has 2 aliphatic heterocycles. The summed E-state index contributed by atoms with van der Waals surface area (Å²) in [6.45, 7) is 1.90. The molecule has 2 aliphatic carbocycles. The van der Waals surface area contributed by atoms with Gasteiger partial charge in [0, 0.05) is 0 Å². The molecule has 0 aromatic carbocycles. The first-order valence-electron chi connectivity index (χ1n) is 8.78. The van der Waals surface area contributed by atoms with Crippen LogP contribution in [-0.2, 0) is 28.5 Å². The van der Waals surface area contributed by atoms with Crippen LogP contribution in [0, 0.1) is 11.8 Å². The molecule has 6 nitrogen and oxygen atoms in total. The van der Waals surface area contributed by atoms with Crippen LogP contribution in [0.25, 0.3) is 0 Å². The Kier molecular flexibility index (Phi) is 4.05. The summed E-state index contributed by atoms with van der Waals surface area (Å²) in [7, 11) is 0. The van der Waals surface area contributed by atoms with Gasteiger partial charge in [0.15, 0.2) is 0 Å². The number of esters is 2. The van der Waals surface area contributed by atoms with E-state index in [-0.39, 0.29) is 42.6 Å². The molecule has 0 bridgehead atoms. The fourth-order valence-corrected chi connectivity index (χ4v) is 3.88. The monoisotopic (exact) mass is 324 g/mol. The Balaban J connectivity index is 1.16. The van der Waals surface area contributed by atoms with Crippen LogP contribution in [-0.4, -0.2) is 49.1 Å². The van der Waals surface area contributed by atoms with Gasteiger partial charge < -0.3 is 18.9 Å². The van der Waals surface area contributed by atoms with Crippen LogP contribution in [0.5, 0.6) is 0 Å². The number of epoxide rings is 2. The van der Waals surface area contributed by atoms with Crippen LogP contribution >= 0.6 is 0 Å². The van der Waals surface area contributed by atoms with Crippen molar-refractivity contribution in [1.29, 1.82) is 0 Å². The number of hydrogen-bond acceptors (Lipinski definition) is 6. The van der Waals surface area contributed by atoms with Crippen molar-refractivity contribution in [2.75, 3.05) is 6.61 Å². The topological polar surface area (TPSA) is 77.7 Å². The Morgan fingerprint density at radius 2 is 1.48 bits per heavy atom. The minimum absolute atomic E-state index is 0.0658. The Morgan fingerprint density at radius 3 is 2.04 bits per heavy atom. The quantitative estimate of drug-likeness (QED) is 0.564. The second-order valence-electron chi connectivity index (χ2n) is 7.32. The zero-order valence-corrected chi connectivity index (χ0v) is 13.4. The molecule has 4 fully saturated rings. The summed E-state index contributed by atoms with van der Waals surface area (Å²) in [5, 5.41) is 0. The molecule has 0 N–H and O–H groups in total. The third-order valence-corrected chi connectivity index (χ3v) is 5.45. The highest BCUT2D eigenvalue weighted by molar-refractivity contribution is 5.73. The van der Waals surface area contributed by atoms with Gasteiger partial charge in [0.05, 0.1) is 36.3 Å². The molecule has 2 saturated heterocycles. The Bertz CT molecular complexity index is 491. The molecule has 7 atom stereocenters. The van der Waals surface area contributed by atoms with Crippen molar-refractivity contribution < 1.29 is 28.5 Å². The molecular weight excluding hydrogens is 300 g/mol. The average molecular weight is 324 g/mol. The van der Waals surface area contributed by atoms with Gasteiger partial charge in [-0.1, -0.05) is 0 Å². The highest BCUT2D eigenvalue weighted by atomic mass is 16.6. The van der Waals surface area contributed by atoms with Crippen molar-refractivity contribution in [3.8, 4) is 0 Å². The smallest absolute Gasteiger partial charge is 0.309 e. The number of rotatable bonds is 5. The second kappa shape index (κ2) is 6.06. The molecule has 4 aliphatic rings.